The molecule has 1 saturated heterocycles. The van der Waals surface area contributed by atoms with Gasteiger partial charge in [-0.3, -0.25) is 10.4 Å². The third-order valence-corrected chi connectivity index (χ3v) is 3.47. The molecule has 0 aliphatic carbocycles. The van der Waals surface area contributed by atoms with Gasteiger partial charge in [0.25, 0.3) is 0 Å². The second-order valence-corrected chi connectivity index (χ2v) is 4.84. The Morgan fingerprint density at radius 3 is 2.72 bits per heavy atom. The molecule has 0 aromatic heterocycles. The average Bonchev–Trinajstić information content (AvgIpc) is 2.39. The van der Waals surface area contributed by atoms with Gasteiger partial charge in [0.05, 0.1) is 0 Å². The normalized spacial score (nSPS) is 19.0. The standard InChI is InChI=1S/C12H27N5O/c1-16-8-5-11(6-9-16)17(2)12(15-13)14-7-4-10-18-3/h11H,4-10,13H2,1-3H3,(H,14,15). The molecular formula is C12H27N5O. The number of guanidine groups is 1. The quantitative estimate of drug-likeness (QED) is 0.236. The zero-order valence-corrected chi connectivity index (χ0v) is 11.9. The average molecular weight is 257 g/mol. The van der Waals surface area contributed by atoms with Crippen LogP contribution in [0.4, 0.5) is 0 Å². The number of rotatable bonds is 5. The Hall–Kier alpha value is -0.850. The van der Waals surface area contributed by atoms with Gasteiger partial charge in [-0.05, 0) is 39.4 Å². The Bertz CT molecular complexity index is 251. The first-order valence-electron chi connectivity index (χ1n) is 6.60. The monoisotopic (exact) mass is 257 g/mol. The highest BCUT2D eigenvalue weighted by Gasteiger charge is 2.22. The summed E-state index contributed by atoms with van der Waals surface area (Å²) >= 11 is 0. The Kier molecular flexibility index (Phi) is 7.00. The number of nitrogens with two attached hydrogens (primary N) is 1. The van der Waals surface area contributed by atoms with Gasteiger partial charge < -0.3 is 14.5 Å². The molecule has 1 heterocycles. The van der Waals surface area contributed by atoms with Crippen molar-refractivity contribution in [2.24, 2.45) is 10.8 Å². The minimum absolute atomic E-state index is 0.526. The highest BCUT2D eigenvalue weighted by Crippen LogP contribution is 2.13. The molecule has 6 heteroatoms. The number of piperidine rings is 1. The van der Waals surface area contributed by atoms with Crippen molar-refractivity contribution in [3.8, 4) is 0 Å². The van der Waals surface area contributed by atoms with Crippen molar-refractivity contribution in [3.63, 3.8) is 0 Å². The summed E-state index contributed by atoms with van der Waals surface area (Å²) in [5.41, 5.74) is 2.71. The molecule has 0 radical (unpaired) electrons. The molecule has 1 aliphatic heterocycles. The van der Waals surface area contributed by atoms with E-state index in [1.807, 2.05) is 0 Å². The summed E-state index contributed by atoms with van der Waals surface area (Å²) in [5, 5.41) is 0. The highest BCUT2D eigenvalue weighted by molar-refractivity contribution is 5.79. The summed E-state index contributed by atoms with van der Waals surface area (Å²) in [6.45, 7) is 3.75. The molecule has 1 aliphatic rings. The van der Waals surface area contributed by atoms with Gasteiger partial charge in [0.2, 0.25) is 5.96 Å². The maximum absolute atomic E-state index is 5.56. The van der Waals surface area contributed by atoms with Crippen molar-refractivity contribution in [1.82, 2.24) is 15.2 Å². The van der Waals surface area contributed by atoms with Crippen LogP contribution in [0.1, 0.15) is 19.3 Å². The van der Waals surface area contributed by atoms with E-state index in [0.717, 1.165) is 51.5 Å². The number of aliphatic imine (C=N–C) groups is 1. The third kappa shape index (κ3) is 4.80. The molecule has 106 valence electrons. The Morgan fingerprint density at radius 1 is 1.50 bits per heavy atom. The van der Waals surface area contributed by atoms with Crippen LogP contribution in [0.2, 0.25) is 0 Å². The zero-order chi connectivity index (χ0) is 13.4. The van der Waals surface area contributed by atoms with E-state index < -0.39 is 0 Å². The van der Waals surface area contributed by atoms with E-state index >= 15 is 0 Å². The number of hydrogen-bond donors (Lipinski definition) is 2. The van der Waals surface area contributed by atoms with Gasteiger partial charge in [-0.25, -0.2) is 5.84 Å². The van der Waals surface area contributed by atoms with E-state index in [1.165, 1.54) is 0 Å². The summed E-state index contributed by atoms with van der Waals surface area (Å²) in [4.78, 5) is 9.01. The lowest BCUT2D eigenvalue weighted by atomic mass is 10.0. The second kappa shape index (κ2) is 8.29. The SMILES string of the molecule is COCCCN=C(NN)N(C)C1CCN(C)CC1. The maximum atomic E-state index is 5.56. The van der Waals surface area contributed by atoms with Gasteiger partial charge in [-0.15, -0.1) is 0 Å². The van der Waals surface area contributed by atoms with Crippen LogP contribution in [0.25, 0.3) is 0 Å². The lowest BCUT2D eigenvalue weighted by Crippen LogP contribution is -2.50. The number of nitrogens with zero attached hydrogens (tertiary/aromatic N) is 3. The van der Waals surface area contributed by atoms with Crippen LogP contribution in [0.15, 0.2) is 4.99 Å². The van der Waals surface area contributed by atoms with Gasteiger partial charge in [0, 0.05) is 33.4 Å². The third-order valence-electron chi connectivity index (χ3n) is 3.47. The molecule has 0 atom stereocenters. The summed E-state index contributed by atoms with van der Waals surface area (Å²) in [6, 6.07) is 0.526. The summed E-state index contributed by atoms with van der Waals surface area (Å²) in [7, 11) is 5.93. The van der Waals surface area contributed by atoms with E-state index in [-0.39, 0.29) is 0 Å². The van der Waals surface area contributed by atoms with Crippen LogP contribution in [0.3, 0.4) is 0 Å². The minimum atomic E-state index is 0.526. The van der Waals surface area contributed by atoms with Crippen LogP contribution < -0.4 is 11.3 Å². The van der Waals surface area contributed by atoms with E-state index in [2.05, 4.69) is 34.3 Å². The van der Waals surface area contributed by atoms with Crippen LogP contribution in [0, 0.1) is 0 Å². The highest BCUT2D eigenvalue weighted by atomic mass is 16.5. The largest absolute Gasteiger partial charge is 0.385 e. The van der Waals surface area contributed by atoms with Crippen molar-refractivity contribution in [1.29, 1.82) is 0 Å². The molecule has 1 fully saturated rings. The van der Waals surface area contributed by atoms with Crippen LogP contribution in [-0.2, 0) is 4.74 Å². The van der Waals surface area contributed by atoms with Crippen molar-refractivity contribution < 1.29 is 4.74 Å². The van der Waals surface area contributed by atoms with Crippen LogP contribution in [0.5, 0.6) is 0 Å². The maximum Gasteiger partial charge on any atom is 0.208 e. The smallest absolute Gasteiger partial charge is 0.208 e. The second-order valence-electron chi connectivity index (χ2n) is 4.84. The topological polar surface area (TPSA) is 66.1 Å². The Balaban J connectivity index is 2.42. The number of nitrogens with one attached hydrogen (secondary N) is 1. The first-order valence-corrected chi connectivity index (χ1v) is 6.60. The van der Waals surface area contributed by atoms with Gasteiger partial charge >= 0.3 is 0 Å². The van der Waals surface area contributed by atoms with Crippen LogP contribution >= 0.6 is 0 Å². The number of hydrazine groups is 1. The molecule has 0 saturated carbocycles. The lowest BCUT2D eigenvalue weighted by Gasteiger charge is -2.36. The fourth-order valence-corrected chi connectivity index (χ4v) is 2.21. The molecule has 0 spiro atoms. The summed E-state index contributed by atoms with van der Waals surface area (Å²) in [6.07, 6.45) is 3.24. The molecule has 0 aromatic carbocycles. The van der Waals surface area contributed by atoms with Gasteiger partial charge in [-0.1, -0.05) is 0 Å². The first-order chi connectivity index (χ1) is 8.69. The first kappa shape index (κ1) is 15.2. The van der Waals surface area contributed by atoms with E-state index in [9.17, 15) is 0 Å². The molecule has 3 N–H and O–H groups in total. The van der Waals surface area contributed by atoms with Crippen molar-refractivity contribution in [3.05, 3.63) is 0 Å². The van der Waals surface area contributed by atoms with E-state index in [1.54, 1.807) is 7.11 Å². The molecular weight excluding hydrogens is 230 g/mol. The Labute approximate surface area is 110 Å². The summed E-state index contributed by atoms with van der Waals surface area (Å²) < 4.78 is 5.01. The van der Waals surface area contributed by atoms with Crippen LogP contribution in [-0.4, -0.2) is 69.2 Å². The Morgan fingerprint density at radius 2 is 2.17 bits per heavy atom. The molecule has 18 heavy (non-hydrogen) atoms. The predicted octanol–water partition coefficient (Wildman–Crippen LogP) is -0.132. The molecule has 1 rings (SSSR count). The van der Waals surface area contributed by atoms with Crippen molar-refractivity contribution in [2.45, 2.75) is 25.3 Å². The molecule has 0 unspecified atom stereocenters. The van der Waals surface area contributed by atoms with Crippen molar-refractivity contribution >= 4 is 5.96 Å². The van der Waals surface area contributed by atoms with E-state index in [4.69, 9.17) is 10.6 Å². The fraction of sp³-hybridized carbons (Fsp3) is 0.917. The molecule has 0 amide bonds. The minimum Gasteiger partial charge on any atom is -0.385 e. The van der Waals surface area contributed by atoms with Gasteiger partial charge in [-0.2, -0.15) is 0 Å². The molecule has 6 nitrogen and oxygen atoms in total. The van der Waals surface area contributed by atoms with Gasteiger partial charge in [0.15, 0.2) is 0 Å². The fourth-order valence-electron chi connectivity index (χ4n) is 2.21. The summed E-state index contributed by atoms with van der Waals surface area (Å²) in [5.74, 6) is 6.34. The lowest BCUT2D eigenvalue weighted by molar-refractivity contribution is 0.188. The number of ether oxygens (including phenoxy) is 1. The number of methoxy groups -OCH3 is 1. The number of hydrogen-bond acceptors (Lipinski definition) is 4. The predicted molar refractivity (Wildman–Crippen MR) is 74.4 cm³/mol. The van der Waals surface area contributed by atoms with Crippen molar-refractivity contribution in [2.75, 3.05) is 47.4 Å². The number of likely N-dealkylation sites (tertiary alicyclic amines) is 1. The van der Waals surface area contributed by atoms with Gasteiger partial charge in [0.1, 0.15) is 0 Å². The van der Waals surface area contributed by atoms with E-state index in [0.29, 0.717) is 6.04 Å². The molecule has 0 aromatic rings. The molecule has 0 bridgehead atoms. The zero-order valence-electron chi connectivity index (χ0n) is 11.9.